The Morgan fingerprint density at radius 3 is 2.90 bits per heavy atom. The molecule has 0 spiro atoms. The molecule has 7 nitrogen and oxygen atoms in total. The Morgan fingerprint density at radius 2 is 2.10 bits per heavy atom. The van der Waals surface area contributed by atoms with Crippen LogP contribution in [0.3, 0.4) is 0 Å². The maximum absolute atomic E-state index is 13.0. The molecule has 2 N–H and O–H groups in total. The first-order chi connectivity index (χ1) is 14.1. The molecule has 2 fully saturated rings. The Balaban J connectivity index is 1.35. The molecule has 0 aliphatic carbocycles. The SMILES string of the molecule is Cc1ccccc1-n1cc(C(=O)N2CCCC(CNC(=O)C3CCCN3)C2)cn1. The average Bonchev–Trinajstić information content (AvgIpc) is 3.44. The van der Waals surface area contributed by atoms with Crippen LogP contribution < -0.4 is 10.6 Å². The number of amides is 2. The van der Waals surface area contributed by atoms with E-state index in [1.54, 1.807) is 10.9 Å². The van der Waals surface area contributed by atoms with Gasteiger partial charge in [0.25, 0.3) is 5.91 Å². The molecule has 2 saturated heterocycles. The third-order valence-electron chi connectivity index (χ3n) is 5.94. The fourth-order valence-electron chi connectivity index (χ4n) is 4.26. The number of benzene rings is 1. The van der Waals surface area contributed by atoms with Gasteiger partial charge in [-0.3, -0.25) is 9.59 Å². The van der Waals surface area contributed by atoms with Crippen molar-refractivity contribution in [2.24, 2.45) is 5.92 Å². The fraction of sp³-hybridized carbons (Fsp3) is 0.500. The first-order valence-electron chi connectivity index (χ1n) is 10.5. The Hall–Kier alpha value is -2.67. The van der Waals surface area contributed by atoms with Crippen LogP contribution >= 0.6 is 0 Å². The predicted octanol–water partition coefficient (Wildman–Crippen LogP) is 1.90. The number of aryl methyl sites for hydroxylation is 1. The summed E-state index contributed by atoms with van der Waals surface area (Å²) in [6.45, 7) is 5.00. The van der Waals surface area contributed by atoms with Crippen molar-refractivity contribution in [1.82, 2.24) is 25.3 Å². The largest absolute Gasteiger partial charge is 0.354 e. The van der Waals surface area contributed by atoms with Crippen LogP contribution in [-0.4, -0.2) is 58.7 Å². The fourth-order valence-corrected chi connectivity index (χ4v) is 4.26. The van der Waals surface area contributed by atoms with Crippen molar-refractivity contribution in [2.75, 3.05) is 26.2 Å². The summed E-state index contributed by atoms with van der Waals surface area (Å²) in [5.74, 6) is 0.397. The molecule has 0 radical (unpaired) electrons. The molecule has 2 aliphatic rings. The Labute approximate surface area is 171 Å². The number of hydrogen-bond donors (Lipinski definition) is 2. The summed E-state index contributed by atoms with van der Waals surface area (Å²) in [6.07, 6.45) is 7.41. The van der Waals surface area contributed by atoms with Crippen molar-refractivity contribution in [3.63, 3.8) is 0 Å². The van der Waals surface area contributed by atoms with Gasteiger partial charge < -0.3 is 15.5 Å². The topological polar surface area (TPSA) is 79.3 Å². The van der Waals surface area contributed by atoms with E-state index >= 15 is 0 Å². The van der Waals surface area contributed by atoms with E-state index in [0.29, 0.717) is 24.6 Å². The van der Waals surface area contributed by atoms with Crippen LogP contribution in [0.4, 0.5) is 0 Å². The van der Waals surface area contributed by atoms with Crippen molar-refractivity contribution in [3.05, 3.63) is 47.8 Å². The number of rotatable bonds is 5. The van der Waals surface area contributed by atoms with E-state index in [9.17, 15) is 9.59 Å². The average molecular weight is 396 g/mol. The monoisotopic (exact) mass is 395 g/mol. The van der Waals surface area contributed by atoms with Gasteiger partial charge in [-0.25, -0.2) is 4.68 Å². The van der Waals surface area contributed by atoms with E-state index in [1.807, 2.05) is 42.3 Å². The van der Waals surface area contributed by atoms with E-state index in [0.717, 1.165) is 50.0 Å². The van der Waals surface area contributed by atoms with E-state index in [2.05, 4.69) is 15.7 Å². The first-order valence-corrected chi connectivity index (χ1v) is 10.5. The molecule has 4 rings (SSSR count). The smallest absolute Gasteiger partial charge is 0.257 e. The molecular formula is C22H29N5O2. The summed E-state index contributed by atoms with van der Waals surface area (Å²) in [6, 6.07) is 7.93. The molecule has 1 aromatic carbocycles. The van der Waals surface area contributed by atoms with Crippen LogP contribution in [0.1, 0.15) is 41.6 Å². The van der Waals surface area contributed by atoms with E-state index in [4.69, 9.17) is 0 Å². The van der Waals surface area contributed by atoms with Gasteiger partial charge in [-0.1, -0.05) is 18.2 Å². The lowest BCUT2D eigenvalue weighted by Crippen LogP contribution is -2.46. The molecule has 154 valence electrons. The lowest BCUT2D eigenvalue weighted by Gasteiger charge is -2.32. The number of aromatic nitrogens is 2. The van der Waals surface area contributed by atoms with E-state index < -0.39 is 0 Å². The van der Waals surface area contributed by atoms with Crippen LogP contribution in [0, 0.1) is 12.8 Å². The molecular weight excluding hydrogens is 366 g/mol. The highest BCUT2D eigenvalue weighted by molar-refractivity contribution is 5.94. The summed E-state index contributed by atoms with van der Waals surface area (Å²) < 4.78 is 1.76. The minimum atomic E-state index is -0.0522. The quantitative estimate of drug-likeness (QED) is 0.811. The highest BCUT2D eigenvalue weighted by Gasteiger charge is 2.27. The predicted molar refractivity (Wildman–Crippen MR) is 111 cm³/mol. The maximum Gasteiger partial charge on any atom is 0.257 e. The second-order valence-corrected chi connectivity index (χ2v) is 8.11. The van der Waals surface area contributed by atoms with Gasteiger partial charge in [0.1, 0.15) is 0 Å². The molecule has 1 aromatic heterocycles. The van der Waals surface area contributed by atoms with Crippen molar-refractivity contribution in [3.8, 4) is 5.69 Å². The number of nitrogens with one attached hydrogen (secondary N) is 2. The Morgan fingerprint density at radius 1 is 1.24 bits per heavy atom. The standard InChI is InChI=1S/C22H29N5O2/c1-16-6-2-3-9-20(16)27-15-18(13-25-27)22(29)26-11-5-7-17(14-26)12-24-21(28)19-8-4-10-23-19/h2-3,6,9,13,15,17,19,23H,4-5,7-8,10-12,14H2,1H3,(H,24,28). The Kier molecular flexibility index (Phi) is 5.94. The third kappa shape index (κ3) is 4.50. The number of nitrogens with zero attached hydrogens (tertiary/aromatic N) is 3. The van der Waals surface area contributed by atoms with E-state index in [-0.39, 0.29) is 17.9 Å². The van der Waals surface area contributed by atoms with Gasteiger partial charge in [-0.2, -0.15) is 5.10 Å². The molecule has 7 heteroatoms. The molecule has 2 aromatic rings. The zero-order valence-electron chi connectivity index (χ0n) is 16.9. The number of piperidine rings is 1. The summed E-state index contributed by atoms with van der Waals surface area (Å²) in [7, 11) is 0. The first kappa shape index (κ1) is 19.6. The molecule has 2 amide bonds. The number of para-hydroxylation sites is 1. The van der Waals surface area contributed by atoms with E-state index in [1.165, 1.54) is 0 Å². The van der Waals surface area contributed by atoms with Crippen molar-refractivity contribution in [1.29, 1.82) is 0 Å². The van der Waals surface area contributed by atoms with Gasteiger partial charge in [-0.15, -0.1) is 0 Å². The van der Waals surface area contributed by atoms with Crippen molar-refractivity contribution in [2.45, 2.75) is 38.6 Å². The molecule has 0 saturated carbocycles. The lowest BCUT2D eigenvalue weighted by molar-refractivity contribution is -0.123. The summed E-state index contributed by atoms with van der Waals surface area (Å²) in [5.41, 5.74) is 2.69. The van der Waals surface area contributed by atoms with Gasteiger partial charge in [0, 0.05) is 25.8 Å². The number of carbonyl (C=O) groups is 2. The van der Waals surface area contributed by atoms with Crippen LogP contribution in [0.5, 0.6) is 0 Å². The summed E-state index contributed by atoms with van der Waals surface area (Å²) in [5, 5.41) is 10.7. The molecule has 2 aliphatic heterocycles. The molecule has 3 heterocycles. The van der Waals surface area contributed by atoms with Gasteiger partial charge in [0.15, 0.2) is 0 Å². The minimum Gasteiger partial charge on any atom is -0.354 e. The zero-order chi connectivity index (χ0) is 20.2. The lowest BCUT2D eigenvalue weighted by atomic mass is 9.97. The second-order valence-electron chi connectivity index (χ2n) is 8.11. The minimum absolute atomic E-state index is 0.0123. The summed E-state index contributed by atoms with van der Waals surface area (Å²) in [4.78, 5) is 27.1. The highest BCUT2D eigenvalue weighted by atomic mass is 16.2. The van der Waals surface area contributed by atoms with Crippen LogP contribution in [0.2, 0.25) is 0 Å². The summed E-state index contributed by atoms with van der Waals surface area (Å²) >= 11 is 0. The zero-order valence-corrected chi connectivity index (χ0v) is 16.9. The van der Waals surface area contributed by atoms with Crippen LogP contribution in [0.15, 0.2) is 36.7 Å². The maximum atomic E-state index is 13.0. The van der Waals surface area contributed by atoms with Gasteiger partial charge in [-0.05, 0) is 56.7 Å². The van der Waals surface area contributed by atoms with Crippen LogP contribution in [-0.2, 0) is 4.79 Å². The molecule has 0 bridgehead atoms. The normalized spacial score (nSPS) is 21.9. The van der Waals surface area contributed by atoms with Crippen molar-refractivity contribution >= 4 is 11.8 Å². The van der Waals surface area contributed by atoms with Crippen molar-refractivity contribution < 1.29 is 9.59 Å². The second kappa shape index (κ2) is 8.78. The molecule has 29 heavy (non-hydrogen) atoms. The number of carbonyl (C=O) groups excluding carboxylic acids is 2. The highest BCUT2D eigenvalue weighted by Crippen LogP contribution is 2.19. The van der Waals surface area contributed by atoms with Gasteiger partial charge in [0.05, 0.1) is 23.5 Å². The number of likely N-dealkylation sites (tertiary alicyclic amines) is 1. The van der Waals surface area contributed by atoms with Gasteiger partial charge >= 0.3 is 0 Å². The molecule has 2 unspecified atom stereocenters. The number of hydrogen-bond acceptors (Lipinski definition) is 4. The third-order valence-corrected chi connectivity index (χ3v) is 5.94. The Bertz CT molecular complexity index is 872. The van der Waals surface area contributed by atoms with Crippen LogP contribution in [0.25, 0.3) is 5.69 Å². The molecule has 2 atom stereocenters. The van der Waals surface area contributed by atoms with Gasteiger partial charge in [0.2, 0.25) is 5.91 Å².